The summed E-state index contributed by atoms with van der Waals surface area (Å²) in [6, 6.07) is 4.32. The highest BCUT2D eigenvalue weighted by molar-refractivity contribution is 7.09. The van der Waals surface area contributed by atoms with Gasteiger partial charge in [-0.2, -0.15) is 0 Å². The van der Waals surface area contributed by atoms with Crippen LogP contribution in [-0.2, 0) is 11.2 Å². The molecule has 2 rings (SSSR count). The first-order valence-corrected chi connectivity index (χ1v) is 7.12. The molecule has 1 aromatic heterocycles. The van der Waals surface area contributed by atoms with E-state index in [9.17, 15) is 0 Å². The van der Waals surface area contributed by atoms with Gasteiger partial charge in [0.2, 0.25) is 0 Å². The van der Waals surface area contributed by atoms with Crippen molar-refractivity contribution in [2.45, 2.75) is 13.3 Å². The Hall–Kier alpha value is -0.420. The number of morpholine rings is 1. The zero-order valence-electron chi connectivity index (χ0n) is 10.5. The van der Waals surface area contributed by atoms with Gasteiger partial charge in [-0.1, -0.05) is 13.0 Å². The summed E-state index contributed by atoms with van der Waals surface area (Å²) in [6.45, 7) is 7.91. The van der Waals surface area contributed by atoms with Gasteiger partial charge in [0.05, 0.1) is 13.2 Å². The van der Waals surface area contributed by atoms with Gasteiger partial charge in [-0.05, 0) is 29.8 Å². The van der Waals surface area contributed by atoms with Crippen LogP contribution in [0.2, 0.25) is 0 Å². The molecule has 0 radical (unpaired) electrons. The lowest BCUT2D eigenvalue weighted by Gasteiger charge is -2.36. The van der Waals surface area contributed by atoms with Crippen molar-refractivity contribution in [2.24, 2.45) is 11.1 Å². The van der Waals surface area contributed by atoms with Gasteiger partial charge in [0.1, 0.15) is 0 Å². The lowest BCUT2D eigenvalue weighted by molar-refractivity contribution is 0.0199. The third-order valence-electron chi connectivity index (χ3n) is 3.38. The van der Waals surface area contributed by atoms with Crippen molar-refractivity contribution in [1.82, 2.24) is 4.90 Å². The van der Waals surface area contributed by atoms with Crippen molar-refractivity contribution >= 4 is 11.3 Å². The quantitative estimate of drug-likeness (QED) is 0.867. The van der Waals surface area contributed by atoms with E-state index in [-0.39, 0.29) is 5.41 Å². The standard InChI is InChI=1S/C13H22N2OS/c1-13(10-14,9-12-3-2-8-17-12)11-15-4-6-16-7-5-15/h2-3,8H,4-7,9-11,14H2,1H3. The van der Waals surface area contributed by atoms with E-state index in [4.69, 9.17) is 10.5 Å². The Kier molecular flexibility index (Phi) is 4.56. The summed E-state index contributed by atoms with van der Waals surface area (Å²) in [7, 11) is 0. The average Bonchev–Trinajstić information content (AvgIpc) is 2.83. The molecular weight excluding hydrogens is 232 g/mol. The summed E-state index contributed by atoms with van der Waals surface area (Å²) < 4.78 is 5.38. The summed E-state index contributed by atoms with van der Waals surface area (Å²) in [5.41, 5.74) is 6.17. The Balaban J connectivity index is 1.93. The van der Waals surface area contributed by atoms with Crippen LogP contribution >= 0.6 is 11.3 Å². The predicted octanol–water partition coefficient (Wildman–Crippen LogP) is 1.59. The molecule has 1 aliphatic rings. The predicted molar refractivity (Wildman–Crippen MR) is 72.4 cm³/mol. The molecule has 3 nitrogen and oxygen atoms in total. The summed E-state index contributed by atoms with van der Waals surface area (Å²) in [4.78, 5) is 3.91. The van der Waals surface area contributed by atoms with E-state index in [1.54, 1.807) is 0 Å². The summed E-state index contributed by atoms with van der Waals surface area (Å²) in [5, 5.41) is 2.14. The van der Waals surface area contributed by atoms with Crippen molar-refractivity contribution in [1.29, 1.82) is 0 Å². The number of ether oxygens (including phenoxy) is 1. The first-order valence-electron chi connectivity index (χ1n) is 6.24. The van der Waals surface area contributed by atoms with Gasteiger partial charge in [-0.3, -0.25) is 4.90 Å². The molecule has 0 aliphatic carbocycles. The molecule has 17 heavy (non-hydrogen) atoms. The van der Waals surface area contributed by atoms with Crippen LogP contribution in [0.25, 0.3) is 0 Å². The maximum Gasteiger partial charge on any atom is 0.0594 e. The third kappa shape index (κ3) is 3.78. The Bertz CT molecular complexity index is 322. The SMILES string of the molecule is CC(CN)(Cc1cccs1)CN1CCOCC1. The maximum atomic E-state index is 5.99. The Morgan fingerprint density at radius 2 is 2.24 bits per heavy atom. The number of nitrogens with two attached hydrogens (primary N) is 1. The largest absolute Gasteiger partial charge is 0.379 e. The van der Waals surface area contributed by atoms with Crippen LogP contribution in [0.5, 0.6) is 0 Å². The first-order chi connectivity index (χ1) is 8.22. The number of nitrogens with zero attached hydrogens (tertiary/aromatic N) is 1. The second-order valence-electron chi connectivity index (χ2n) is 5.16. The highest BCUT2D eigenvalue weighted by Gasteiger charge is 2.27. The van der Waals surface area contributed by atoms with Gasteiger partial charge in [-0.25, -0.2) is 0 Å². The van der Waals surface area contributed by atoms with Crippen molar-refractivity contribution in [3.8, 4) is 0 Å². The van der Waals surface area contributed by atoms with E-state index in [0.29, 0.717) is 0 Å². The van der Waals surface area contributed by atoms with Gasteiger partial charge in [0.25, 0.3) is 0 Å². The lowest BCUT2D eigenvalue weighted by atomic mass is 9.85. The molecule has 0 aromatic carbocycles. The molecule has 0 saturated carbocycles. The van der Waals surface area contributed by atoms with Crippen LogP contribution in [0.1, 0.15) is 11.8 Å². The summed E-state index contributed by atoms with van der Waals surface area (Å²) in [6.07, 6.45) is 1.08. The second kappa shape index (κ2) is 5.96. The molecule has 1 aliphatic heterocycles. The molecule has 2 heterocycles. The highest BCUT2D eigenvalue weighted by Crippen LogP contribution is 2.25. The normalized spacial score (nSPS) is 21.3. The third-order valence-corrected chi connectivity index (χ3v) is 4.26. The summed E-state index contributed by atoms with van der Waals surface area (Å²) in [5.74, 6) is 0. The molecule has 0 bridgehead atoms. The molecule has 1 fully saturated rings. The van der Waals surface area contributed by atoms with Crippen LogP contribution in [-0.4, -0.2) is 44.3 Å². The zero-order valence-corrected chi connectivity index (χ0v) is 11.3. The number of rotatable bonds is 5. The molecule has 96 valence electrons. The van der Waals surface area contributed by atoms with Gasteiger partial charge in [0, 0.05) is 24.5 Å². The first kappa shape index (κ1) is 13.0. The van der Waals surface area contributed by atoms with Crippen LogP contribution in [0, 0.1) is 5.41 Å². The van der Waals surface area contributed by atoms with Gasteiger partial charge in [-0.15, -0.1) is 11.3 Å². The molecule has 1 saturated heterocycles. The Morgan fingerprint density at radius 1 is 1.47 bits per heavy atom. The minimum absolute atomic E-state index is 0.183. The highest BCUT2D eigenvalue weighted by atomic mass is 32.1. The summed E-state index contributed by atoms with van der Waals surface area (Å²) >= 11 is 1.83. The maximum absolute atomic E-state index is 5.99. The van der Waals surface area contributed by atoms with E-state index < -0.39 is 0 Å². The van der Waals surface area contributed by atoms with E-state index >= 15 is 0 Å². The van der Waals surface area contributed by atoms with Gasteiger partial charge < -0.3 is 10.5 Å². The van der Waals surface area contributed by atoms with Crippen LogP contribution < -0.4 is 5.73 Å². The lowest BCUT2D eigenvalue weighted by Crippen LogP contribution is -2.46. The minimum Gasteiger partial charge on any atom is -0.379 e. The molecule has 1 unspecified atom stereocenters. The fourth-order valence-electron chi connectivity index (χ4n) is 2.33. The van der Waals surface area contributed by atoms with Crippen molar-refractivity contribution in [3.05, 3.63) is 22.4 Å². The molecule has 2 N–H and O–H groups in total. The van der Waals surface area contributed by atoms with Crippen LogP contribution in [0.15, 0.2) is 17.5 Å². The zero-order chi connectivity index (χ0) is 12.1. The van der Waals surface area contributed by atoms with Crippen LogP contribution in [0.3, 0.4) is 0 Å². The van der Waals surface area contributed by atoms with Crippen molar-refractivity contribution in [3.63, 3.8) is 0 Å². The van der Waals surface area contributed by atoms with Crippen LogP contribution in [0.4, 0.5) is 0 Å². The number of hydrogen-bond donors (Lipinski definition) is 1. The van der Waals surface area contributed by atoms with Gasteiger partial charge >= 0.3 is 0 Å². The number of thiophene rings is 1. The smallest absolute Gasteiger partial charge is 0.0594 e. The average molecular weight is 254 g/mol. The molecular formula is C13H22N2OS. The van der Waals surface area contributed by atoms with Crippen molar-refractivity contribution < 1.29 is 4.74 Å². The minimum atomic E-state index is 0.183. The van der Waals surface area contributed by atoms with Crippen molar-refractivity contribution in [2.75, 3.05) is 39.4 Å². The molecule has 0 amide bonds. The Labute approximate surface area is 108 Å². The number of hydrogen-bond acceptors (Lipinski definition) is 4. The van der Waals surface area contributed by atoms with Gasteiger partial charge in [0.15, 0.2) is 0 Å². The molecule has 1 atom stereocenters. The topological polar surface area (TPSA) is 38.5 Å². The van der Waals surface area contributed by atoms with E-state index in [1.165, 1.54) is 4.88 Å². The molecule has 4 heteroatoms. The fraction of sp³-hybridized carbons (Fsp3) is 0.692. The Morgan fingerprint density at radius 3 is 2.82 bits per heavy atom. The molecule has 1 aromatic rings. The van der Waals surface area contributed by atoms with E-state index in [1.807, 2.05) is 11.3 Å². The second-order valence-corrected chi connectivity index (χ2v) is 6.19. The van der Waals surface area contributed by atoms with E-state index in [0.717, 1.165) is 45.8 Å². The monoisotopic (exact) mass is 254 g/mol. The molecule has 0 spiro atoms. The fourth-order valence-corrected chi connectivity index (χ4v) is 3.25. The van der Waals surface area contributed by atoms with E-state index in [2.05, 4.69) is 29.3 Å².